The Morgan fingerprint density at radius 3 is 2.38 bits per heavy atom. The van der Waals surface area contributed by atoms with Crippen molar-refractivity contribution in [1.82, 2.24) is 9.80 Å². The highest BCUT2D eigenvalue weighted by Gasteiger charge is 2.27. The summed E-state index contributed by atoms with van der Waals surface area (Å²) in [7, 11) is 0. The van der Waals surface area contributed by atoms with Gasteiger partial charge in [-0.05, 0) is 18.6 Å². The van der Waals surface area contributed by atoms with Gasteiger partial charge >= 0.3 is 6.18 Å². The fraction of sp³-hybridized carbons (Fsp3) is 0.625. The zero-order valence-electron chi connectivity index (χ0n) is 13.3. The minimum atomic E-state index is -4.26. The number of ether oxygens (including phenoxy) is 1. The highest BCUT2D eigenvalue weighted by atomic mass is 79.9. The van der Waals surface area contributed by atoms with Crippen LogP contribution < -0.4 is 0 Å². The Balaban J connectivity index is 1.63. The van der Waals surface area contributed by atoms with E-state index in [9.17, 15) is 17.6 Å². The quantitative estimate of drug-likeness (QED) is 0.501. The van der Waals surface area contributed by atoms with Gasteiger partial charge in [0.25, 0.3) is 0 Å². The van der Waals surface area contributed by atoms with E-state index in [1.807, 2.05) is 6.07 Å². The highest BCUT2D eigenvalue weighted by molar-refractivity contribution is 9.10. The van der Waals surface area contributed by atoms with Crippen molar-refractivity contribution >= 4 is 15.9 Å². The van der Waals surface area contributed by atoms with E-state index in [1.165, 1.54) is 6.07 Å². The largest absolute Gasteiger partial charge is 0.411 e. The van der Waals surface area contributed by atoms with Crippen molar-refractivity contribution < 1.29 is 22.3 Å². The SMILES string of the molecule is Fc1cc(Br)ccc1CN1CCN(CCCOCC(F)(F)F)CC1. The normalized spacial score (nSPS) is 17.4. The van der Waals surface area contributed by atoms with Crippen LogP contribution in [0, 0.1) is 5.82 Å². The van der Waals surface area contributed by atoms with Crippen LogP contribution >= 0.6 is 15.9 Å². The smallest absolute Gasteiger partial charge is 0.372 e. The van der Waals surface area contributed by atoms with Crippen LogP contribution in [0.15, 0.2) is 22.7 Å². The molecule has 3 nitrogen and oxygen atoms in total. The summed E-state index contributed by atoms with van der Waals surface area (Å²) < 4.78 is 55.0. The predicted molar refractivity (Wildman–Crippen MR) is 87.3 cm³/mol. The molecule has 1 aliphatic rings. The van der Waals surface area contributed by atoms with Gasteiger partial charge in [-0.1, -0.05) is 22.0 Å². The Labute approximate surface area is 147 Å². The number of hydrogen-bond acceptors (Lipinski definition) is 3. The maximum atomic E-state index is 13.8. The average molecular weight is 413 g/mol. The van der Waals surface area contributed by atoms with Crippen LogP contribution in [-0.2, 0) is 11.3 Å². The lowest BCUT2D eigenvalue weighted by Gasteiger charge is -2.34. The second-order valence-corrected chi connectivity index (χ2v) is 6.79. The Kier molecular flexibility index (Phi) is 7.46. The van der Waals surface area contributed by atoms with Gasteiger partial charge < -0.3 is 9.64 Å². The summed E-state index contributed by atoms with van der Waals surface area (Å²) in [6, 6.07) is 5.08. The third-order valence-corrected chi connectivity index (χ3v) is 4.40. The molecule has 0 bridgehead atoms. The standard InChI is InChI=1S/C16H21BrF4N2O/c17-14-3-2-13(15(18)10-14)11-23-7-5-22(6-8-23)4-1-9-24-12-16(19,20)21/h2-3,10H,1,4-9,11-12H2. The summed E-state index contributed by atoms with van der Waals surface area (Å²) in [5.41, 5.74) is 0.673. The number of piperazine rings is 1. The molecule has 0 radical (unpaired) electrons. The van der Waals surface area contributed by atoms with Crippen molar-refractivity contribution in [2.24, 2.45) is 0 Å². The number of alkyl halides is 3. The lowest BCUT2D eigenvalue weighted by atomic mass is 10.2. The Hall–Kier alpha value is -0.700. The molecule has 0 aromatic heterocycles. The third kappa shape index (κ3) is 7.04. The molecule has 1 saturated heterocycles. The van der Waals surface area contributed by atoms with Gasteiger partial charge in [-0.15, -0.1) is 0 Å². The summed E-state index contributed by atoms with van der Waals surface area (Å²) in [4.78, 5) is 4.38. The van der Waals surface area contributed by atoms with Gasteiger partial charge in [0.15, 0.2) is 0 Å². The molecular formula is C16H21BrF4N2O. The summed E-state index contributed by atoms with van der Waals surface area (Å²) in [5.74, 6) is -0.214. The van der Waals surface area contributed by atoms with Crippen LogP contribution in [0.25, 0.3) is 0 Å². The van der Waals surface area contributed by atoms with Crippen LogP contribution in [0.5, 0.6) is 0 Å². The average Bonchev–Trinajstić information content (AvgIpc) is 2.50. The van der Waals surface area contributed by atoms with Gasteiger partial charge in [0.1, 0.15) is 12.4 Å². The molecule has 1 aromatic carbocycles. The topological polar surface area (TPSA) is 15.7 Å². The molecule has 0 saturated carbocycles. The monoisotopic (exact) mass is 412 g/mol. The number of rotatable bonds is 7. The van der Waals surface area contributed by atoms with Crippen LogP contribution in [0.3, 0.4) is 0 Å². The Morgan fingerprint density at radius 1 is 1.08 bits per heavy atom. The van der Waals surface area contributed by atoms with E-state index in [2.05, 4.69) is 30.5 Å². The van der Waals surface area contributed by atoms with E-state index in [-0.39, 0.29) is 12.4 Å². The summed E-state index contributed by atoms with van der Waals surface area (Å²) >= 11 is 3.24. The molecule has 24 heavy (non-hydrogen) atoms. The maximum Gasteiger partial charge on any atom is 0.411 e. The van der Waals surface area contributed by atoms with Crippen molar-refractivity contribution in [3.63, 3.8) is 0 Å². The fourth-order valence-corrected chi connectivity index (χ4v) is 2.97. The molecule has 0 spiro atoms. The Morgan fingerprint density at radius 2 is 1.75 bits per heavy atom. The first-order chi connectivity index (χ1) is 11.3. The minimum Gasteiger partial charge on any atom is -0.372 e. The number of hydrogen-bond donors (Lipinski definition) is 0. The summed E-state index contributed by atoms with van der Waals surface area (Å²) in [6.07, 6.45) is -3.68. The van der Waals surface area contributed by atoms with E-state index < -0.39 is 12.8 Å². The number of nitrogens with zero attached hydrogens (tertiary/aromatic N) is 2. The molecule has 2 rings (SSSR count). The first-order valence-corrected chi connectivity index (χ1v) is 8.66. The molecule has 1 aromatic rings. The van der Waals surface area contributed by atoms with E-state index in [0.29, 0.717) is 18.5 Å². The lowest BCUT2D eigenvalue weighted by Crippen LogP contribution is -2.46. The van der Waals surface area contributed by atoms with Gasteiger partial charge in [-0.3, -0.25) is 4.90 Å². The molecular weight excluding hydrogens is 392 g/mol. The van der Waals surface area contributed by atoms with Crippen molar-refractivity contribution in [1.29, 1.82) is 0 Å². The second-order valence-electron chi connectivity index (χ2n) is 5.87. The van der Waals surface area contributed by atoms with Gasteiger partial charge in [0.05, 0.1) is 0 Å². The zero-order valence-corrected chi connectivity index (χ0v) is 14.9. The zero-order chi connectivity index (χ0) is 17.6. The molecule has 1 heterocycles. The molecule has 0 atom stereocenters. The first kappa shape index (κ1) is 19.6. The van der Waals surface area contributed by atoms with Crippen LogP contribution in [0.1, 0.15) is 12.0 Å². The van der Waals surface area contributed by atoms with E-state index in [4.69, 9.17) is 0 Å². The highest BCUT2D eigenvalue weighted by Crippen LogP contribution is 2.18. The molecule has 0 N–H and O–H groups in total. The minimum absolute atomic E-state index is 0.115. The molecule has 0 unspecified atom stereocenters. The van der Waals surface area contributed by atoms with E-state index in [0.717, 1.165) is 37.2 Å². The van der Waals surface area contributed by atoms with Crippen molar-refractivity contribution in [2.45, 2.75) is 19.1 Å². The fourth-order valence-electron chi connectivity index (χ4n) is 2.64. The molecule has 0 aliphatic carbocycles. The number of benzene rings is 1. The van der Waals surface area contributed by atoms with Gasteiger partial charge in [0, 0.05) is 55.9 Å². The van der Waals surface area contributed by atoms with Gasteiger partial charge in [-0.2, -0.15) is 13.2 Å². The number of halogens is 5. The molecule has 1 aliphatic heterocycles. The van der Waals surface area contributed by atoms with Crippen molar-refractivity contribution in [3.8, 4) is 0 Å². The third-order valence-electron chi connectivity index (χ3n) is 3.90. The second kappa shape index (κ2) is 9.12. The van der Waals surface area contributed by atoms with Crippen LogP contribution in [-0.4, -0.2) is 61.9 Å². The van der Waals surface area contributed by atoms with Crippen molar-refractivity contribution in [3.05, 3.63) is 34.1 Å². The van der Waals surface area contributed by atoms with Crippen molar-refractivity contribution in [2.75, 3.05) is 45.9 Å². The van der Waals surface area contributed by atoms with E-state index >= 15 is 0 Å². The van der Waals surface area contributed by atoms with Crippen LogP contribution in [0.4, 0.5) is 17.6 Å². The molecule has 136 valence electrons. The maximum absolute atomic E-state index is 13.8. The Bertz CT molecular complexity index is 519. The first-order valence-electron chi connectivity index (χ1n) is 7.86. The molecule has 8 heteroatoms. The van der Waals surface area contributed by atoms with E-state index in [1.54, 1.807) is 6.07 Å². The predicted octanol–water partition coefficient (Wildman–Crippen LogP) is 3.67. The van der Waals surface area contributed by atoms with Crippen LogP contribution in [0.2, 0.25) is 0 Å². The summed E-state index contributed by atoms with van der Waals surface area (Å²) in [5, 5.41) is 0. The lowest BCUT2D eigenvalue weighted by molar-refractivity contribution is -0.174. The molecule has 0 amide bonds. The summed E-state index contributed by atoms with van der Waals surface area (Å²) in [6.45, 7) is 3.52. The molecule has 1 fully saturated rings. The van der Waals surface area contributed by atoms with Gasteiger partial charge in [-0.25, -0.2) is 4.39 Å². The van der Waals surface area contributed by atoms with Gasteiger partial charge in [0.2, 0.25) is 0 Å².